The molecule has 4 aromatic carbocycles. The predicted molar refractivity (Wildman–Crippen MR) is 248 cm³/mol. The molecule has 0 amide bonds. The van der Waals surface area contributed by atoms with Crippen LogP contribution in [0.4, 0.5) is 49.5 Å². The maximum absolute atomic E-state index is 13.1. The summed E-state index contributed by atoms with van der Waals surface area (Å²) in [6, 6.07) is 24.9. The number of fused-ring (bicyclic) bond motifs is 2. The molecule has 0 radical (unpaired) electrons. The maximum Gasteiger partial charge on any atom is 0.416 e. The molecule has 4 heterocycles. The van der Waals surface area contributed by atoms with E-state index in [1.807, 2.05) is 36.4 Å². The van der Waals surface area contributed by atoms with Gasteiger partial charge in [-0.05, 0) is 71.8 Å². The van der Waals surface area contributed by atoms with Gasteiger partial charge in [0.1, 0.15) is 11.7 Å². The molecule has 0 saturated carbocycles. The molecule has 8 rings (SSSR count). The Labute approximate surface area is 390 Å². The molecule has 1 aliphatic rings. The zero-order chi connectivity index (χ0) is 47.5. The summed E-state index contributed by atoms with van der Waals surface area (Å²) in [6.45, 7) is 0.199. The van der Waals surface area contributed by atoms with Gasteiger partial charge in [0.05, 0.1) is 23.2 Å². The molecule has 0 saturated heterocycles. The summed E-state index contributed by atoms with van der Waals surface area (Å²) in [6.07, 6.45) is -8.83. The third kappa shape index (κ3) is 11.1. The lowest BCUT2D eigenvalue weighted by molar-refractivity contribution is -0.138. The number of benzene rings is 4. The largest absolute Gasteiger partial charge is 0.416 e. The molecule has 13 nitrogen and oxygen atoms in total. The van der Waals surface area contributed by atoms with Crippen molar-refractivity contribution in [3.63, 3.8) is 0 Å². The highest BCUT2D eigenvalue weighted by Gasteiger charge is 2.32. The van der Waals surface area contributed by atoms with Crippen molar-refractivity contribution in [1.29, 1.82) is 0 Å². The van der Waals surface area contributed by atoms with Crippen LogP contribution in [0.1, 0.15) is 27.8 Å². The highest BCUT2D eigenvalue weighted by atomic mass is 79.9. The number of aliphatic imine (C=N–C) groups is 1. The van der Waals surface area contributed by atoms with E-state index in [1.165, 1.54) is 67.2 Å². The summed E-state index contributed by atoms with van der Waals surface area (Å²) in [5, 5.41) is 6.58. The van der Waals surface area contributed by atoms with Gasteiger partial charge in [0.2, 0.25) is 5.95 Å². The van der Waals surface area contributed by atoms with Crippen LogP contribution in [-0.4, -0.2) is 33.7 Å². The Hall–Kier alpha value is -6.00. The van der Waals surface area contributed by atoms with Gasteiger partial charge in [-0.2, -0.15) is 31.3 Å². The van der Waals surface area contributed by atoms with Crippen LogP contribution in [0, 0.1) is 0 Å². The predicted octanol–water partition coefficient (Wildman–Crippen LogP) is 9.15. The number of hydrogen-bond donors (Lipinski definition) is 2. The Bertz CT molecular complexity index is 3210. The summed E-state index contributed by atoms with van der Waals surface area (Å²) < 4.78 is 85.6. The second-order valence-electron chi connectivity index (χ2n) is 14.4. The van der Waals surface area contributed by atoms with Crippen molar-refractivity contribution in [2.75, 3.05) is 10.6 Å². The minimum absolute atomic E-state index is 0.117. The van der Waals surface area contributed by atoms with Gasteiger partial charge in [-0.1, -0.05) is 84.2 Å². The number of anilines is 3. The lowest BCUT2D eigenvalue weighted by Gasteiger charge is -2.13. The Morgan fingerprint density at radius 1 is 0.631 bits per heavy atom. The molecule has 0 spiro atoms. The smallest absolute Gasteiger partial charge is 0.343 e. The number of nitrogens with one attached hydrogen (secondary N) is 2. The van der Waals surface area contributed by atoms with Crippen LogP contribution in [0.15, 0.2) is 130 Å². The average molecular weight is 1100 g/mol. The average Bonchev–Trinajstić information content (AvgIpc) is 3.85. The maximum atomic E-state index is 13.1. The highest BCUT2D eigenvalue weighted by Crippen LogP contribution is 2.33. The fourth-order valence-corrected chi connectivity index (χ4v) is 7.83. The van der Waals surface area contributed by atoms with E-state index in [0.29, 0.717) is 11.4 Å². The lowest BCUT2D eigenvalue weighted by Crippen LogP contribution is -2.38. The Morgan fingerprint density at radius 2 is 1.14 bits per heavy atom. The van der Waals surface area contributed by atoms with Gasteiger partial charge in [0.25, 0.3) is 11.1 Å². The summed E-state index contributed by atoms with van der Waals surface area (Å²) in [5.41, 5.74) is -0.604. The quantitative estimate of drug-likeness (QED) is 0.125. The van der Waals surface area contributed by atoms with Crippen LogP contribution in [0.2, 0.25) is 0 Å². The number of imidazole rings is 1. The van der Waals surface area contributed by atoms with Crippen LogP contribution in [0.3, 0.4) is 0 Å². The SMILES string of the molecule is BrCc1cccc(Br)c1.Cn1c(=O)c2c(nc(Nc3cccc(C(F)(F)F)c3)n2Cc2cccc(Br)c2)n(C)c1=O.Cn1c2c(c(=O)n(C)c1=O)CC(Nc1cccc(C(F)(F)F)c1)=N2. The molecule has 2 N–H and O–H groups in total. The van der Waals surface area contributed by atoms with Crippen LogP contribution in [-0.2, 0) is 58.8 Å². The van der Waals surface area contributed by atoms with Crippen LogP contribution in [0.25, 0.3) is 11.2 Å². The van der Waals surface area contributed by atoms with E-state index < -0.39 is 46.0 Å². The van der Waals surface area contributed by atoms with Crippen molar-refractivity contribution >= 4 is 87.9 Å². The summed E-state index contributed by atoms with van der Waals surface area (Å²) >= 11 is 10.2. The minimum Gasteiger partial charge on any atom is -0.343 e. The molecule has 0 aliphatic carbocycles. The summed E-state index contributed by atoms with van der Waals surface area (Å²) in [5.74, 6) is 0.665. The van der Waals surface area contributed by atoms with Gasteiger partial charge in [-0.15, -0.1) is 0 Å². The topological polar surface area (TPSA) is 142 Å². The van der Waals surface area contributed by atoms with E-state index in [1.54, 1.807) is 4.57 Å². The van der Waals surface area contributed by atoms with E-state index >= 15 is 0 Å². The van der Waals surface area contributed by atoms with Gasteiger partial charge in [0.15, 0.2) is 11.2 Å². The standard InChI is InChI=1S/C21H17BrF3N5O2.C15H13F3N4O2.C7H6Br2/c1-28-17-16(18(31)29(2)20(28)32)30(11-12-5-3-7-14(22)9-12)19(27-17)26-15-8-4-6-13(10-15)21(23,24)25;1-21-12-10(13(23)22(2)14(21)24)7-11(20-12)19-9-5-3-4-8(6-9)15(16,17)18;8-5-6-2-1-3-7(9)4-6/h3-10H,11H2,1-2H3,(H,26,27);3-6H,7H2,1-2H3,(H,19,20);1-4H,5H2. The van der Waals surface area contributed by atoms with Crippen LogP contribution < -0.4 is 33.1 Å². The fraction of sp³-hybridized carbons (Fsp3) is 0.209. The van der Waals surface area contributed by atoms with Gasteiger partial charge in [0, 0.05) is 60.3 Å². The molecule has 340 valence electrons. The molecule has 65 heavy (non-hydrogen) atoms. The second kappa shape index (κ2) is 19.6. The molecular weight excluding hydrogens is 1060 g/mol. The molecule has 3 aromatic heterocycles. The molecule has 1 aliphatic heterocycles. The minimum atomic E-state index is -4.51. The van der Waals surface area contributed by atoms with E-state index in [9.17, 15) is 45.5 Å². The summed E-state index contributed by atoms with van der Waals surface area (Å²) in [4.78, 5) is 57.9. The lowest BCUT2D eigenvalue weighted by atomic mass is 10.2. The Morgan fingerprint density at radius 3 is 1.68 bits per heavy atom. The fourth-order valence-electron chi connectivity index (χ4n) is 6.58. The zero-order valence-corrected chi connectivity index (χ0v) is 39.3. The van der Waals surface area contributed by atoms with Crippen molar-refractivity contribution in [2.24, 2.45) is 33.2 Å². The second-order valence-corrected chi connectivity index (χ2v) is 16.8. The number of hydrogen-bond acceptors (Lipinski definition) is 8. The van der Waals surface area contributed by atoms with Gasteiger partial charge >= 0.3 is 23.7 Å². The number of nitrogens with zero attached hydrogens (tertiary/aromatic N) is 7. The van der Waals surface area contributed by atoms with E-state index in [0.717, 1.165) is 53.2 Å². The van der Waals surface area contributed by atoms with Crippen LogP contribution in [0.5, 0.6) is 0 Å². The first-order chi connectivity index (χ1) is 30.6. The summed E-state index contributed by atoms with van der Waals surface area (Å²) in [7, 11) is 5.69. The number of alkyl halides is 7. The normalized spacial score (nSPS) is 12.2. The molecular formula is C43H36Br3F6N9O4. The van der Waals surface area contributed by atoms with E-state index in [2.05, 4.69) is 80.5 Å². The molecule has 0 bridgehead atoms. The van der Waals surface area contributed by atoms with Crippen molar-refractivity contribution in [1.82, 2.24) is 27.8 Å². The number of amidine groups is 1. The number of halogens is 9. The zero-order valence-electron chi connectivity index (χ0n) is 34.5. The van der Waals surface area contributed by atoms with Gasteiger partial charge < -0.3 is 10.6 Å². The van der Waals surface area contributed by atoms with Crippen molar-refractivity contribution in [3.05, 3.63) is 176 Å². The van der Waals surface area contributed by atoms with Gasteiger partial charge in [-0.25, -0.2) is 14.6 Å². The molecule has 7 aromatic rings. The molecule has 0 fully saturated rings. The molecule has 22 heteroatoms. The third-order valence-electron chi connectivity index (χ3n) is 9.85. The number of aromatic nitrogens is 6. The van der Waals surface area contributed by atoms with E-state index in [-0.39, 0.29) is 47.3 Å². The Balaban J connectivity index is 0.000000186. The third-order valence-corrected chi connectivity index (χ3v) is 11.5. The van der Waals surface area contributed by atoms with Gasteiger partial charge in [-0.3, -0.25) is 32.4 Å². The first-order valence-electron chi connectivity index (χ1n) is 19.0. The number of rotatable bonds is 6. The highest BCUT2D eigenvalue weighted by molar-refractivity contribution is 9.10. The first-order valence-corrected chi connectivity index (χ1v) is 21.7. The van der Waals surface area contributed by atoms with Crippen molar-refractivity contribution in [3.8, 4) is 0 Å². The Kier molecular flexibility index (Phi) is 14.6. The van der Waals surface area contributed by atoms with E-state index in [4.69, 9.17) is 0 Å². The van der Waals surface area contributed by atoms with Crippen molar-refractivity contribution < 1.29 is 26.3 Å². The first kappa shape index (κ1) is 48.5. The number of aryl methyl sites for hydroxylation is 1. The van der Waals surface area contributed by atoms with Crippen molar-refractivity contribution in [2.45, 2.75) is 30.6 Å². The van der Waals surface area contributed by atoms with Crippen LogP contribution >= 0.6 is 47.8 Å². The monoisotopic (exact) mass is 1090 g/mol. The molecule has 0 atom stereocenters. The molecule has 0 unspecified atom stereocenters.